The Morgan fingerprint density at radius 2 is 1.17 bits per heavy atom. The summed E-state index contributed by atoms with van der Waals surface area (Å²) in [4.78, 5) is 1.40. The fraction of sp³-hybridized carbons (Fsp3) is 0.750. The van der Waals surface area contributed by atoms with Gasteiger partial charge in [0.15, 0.2) is 0 Å². The second-order valence-corrected chi connectivity index (χ2v) is 8.81. The zero-order valence-corrected chi connectivity index (χ0v) is 20.8. The van der Waals surface area contributed by atoms with Gasteiger partial charge in [-0.3, -0.25) is 4.90 Å². The van der Waals surface area contributed by atoms with Crippen molar-refractivity contribution >= 4 is 0 Å². The van der Waals surface area contributed by atoms with E-state index in [9.17, 15) is 40.9 Å². The molecule has 0 saturated carbocycles. The van der Waals surface area contributed by atoms with Crippen LogP contribution in [0.5, 0.6) is 5.75 Å². The van der Waals surface area contributed by atoms with Gasteiger partial charge in [-0.05, 0) is 30.0 Å². The number of hydrogen-bond acceptors (Lipinski definition) is 12. The second-order valence-electron chi connectivity index (χ2n) is 8.81. The topological polar surface area (TPSA) is 215 Å². The Morgan fingerprint density at radius 3 is 1.58 bits per heavy atom. The van der Waals surface area contributed by atoms with Crippen molar-refractivity contribution in [1.29, 1.82) is 0 Å². The lowest BCUT2D eigenvalue weighted by Crippen LogP contribution is -2.53. The Kier molecular flexibility index (Phi) is 14.9. The predicted molar refractivity (Wildman–Crippen MR) is 129 cm³/mol. The van der Waals surface area contributed by atoms with E-state index < -0.39 is 62.0 Å². The molecule has 0 aromatic heterocycles. The molecule has 1 aromatic rings. The fourth-order valence-electron chi connectivity index (χ4n) is 3.89. The van der Waals surface area contributed by atoms with Crippen LogP contribution in [-0.4, -0.2) is 144 Å². The molecule has 1 aromatic carbocycles. The molecule has 0 amide bonds. The lowest BCUT2D eigenvalue weighted by Gasteiger charge is -2.33. The van der Waals surface area contributed by atoms with Crippen LogP contribution >= 0.6 is 0 Å². The minimum absolute atomic E-state index is 0.0738. The Morgan fingerprint density at radius 1 is 0.694 bits per heavy atom. The summed E-state index contributed by atoms with van der Waals surface area (Å²) in [5.41, 5.74) is 2.18. The first kappa shape index (κ1) is 32.6. The van der Waals surface area contributed by atoms with Crippen LogP contribution in [0.1, 0.15) is 25.0 Å². The quantitative estimate of drug-likeness (QED) is 0.0906. The highest BCUT2D eigenvalue weighted by molar-refractivity contribution is 5.40. The molecule has 12 nitrogen and oxygen atoms in total. The highest BCUT2D eigenvalue weighted by Crippen LogP contribution is 2.23. The number of aliphatic hydroxyl groups is 10. The smallest absolute Gasteiger partial charge is 0.122 e. The van der Waals surface area contributed by atoms with Crippen LogP contribution in [0.2, 0.25) is 0 Å². The molecule has 0 heterocycles. The van der Waals surface area contributed by atoms with E-state index in [1.165, 1.54) is 4.90 Å². The van der Waals surface area contributed by atoms with E-state index in [-0.39, 0.29) is 26.2 Å². The zero-order chi connectivity index (χ0) is 27.4. The van der Waals surface area contributed by atoms with Crippen LogP contribution in [0.3, 0.4) is 0 Å². The molecule has 8 atom stereocenters. The van der Waals surface area contributed by atoms with Crippen molar-refractivity contribution in [2.75, 3.05) is 39.5 Å². The van der Waals surface area contributed by atoms with Crippen molar-refractivity contribution in [2.45, 2.75) is 75.5 Å². The van der Waals surface area contributed by atoms with Crippen molar-refractivity contribution < 1.29 is 55.8 Å². The third kappa shape index (κ3) is 9.47. The van der Waals surface area contributed by atoms with Gasteiger partial charge in [-0.25, -0.2) is 0 Å². The van der Waals surface area contributed by atoms with Crippen LogP contribution < -0.4 is 4.74 Å². The van der Waals surface area contributed by atoms with Gasteiger partial charge in [0.2, 0.25) is 0 Å². The van der Waals surface area contributed by atoms with Gasteiger partial charge < -0.3 is 55.8 Å². The standard InChI is InChI=1S/C24H43NO11/c1-3-14-6-5-7-20(15(14)4-2)36-9-8-25(10-16(28)21(32)23(34)18(30)12-26)11-17(29)22(33)24(35)19(31)13-27/h5-7,16-19,21-24,26-35H,3-4,8-13H2,1-2H3/t16-,17-,18-,19-,21-,22-,23-,24-/m1/s1. The molecular weight excluding hydrogens is 478 g/mol. The molecular formula is C24H43NO11. The lowest BCUT2D eigenvalue weighted by atomic mass is 10.0. The van der Waals surface area contributed by atoms with Crippen LogP contribution in [-0.2, 0) is 12.8 Å². The number of aliphatic hydroxyl groups excluding tert-OH is 10. The Bertz CT molecular complexity index is 710. The normalized spacial score (nSPS) is 18.8. The first-order chi connectivity index (χ1) is 17.0. The van der Waals surface area contributed by atoms with E-state index >= 15 is 0 Å². The molecule has 0 radical (unpaired) electrons. The van der Waals surface area contributed by atoms with Gasteiger partial charge in [-0.2, -0.15) is 0 Å². The third-order valence-electron chi connectivity index (χ3n) is 6.17. The van der Waals surface area contributed by atoms with E-state index in [4.69, 9.17) is 14.9 Å². The van der Waals surface area contributed by atoms with Gasteiger partial charge in [0, 0.05) is 19.6 Å². The Hall–Kier alpha value is -1.42. The van der Waals surface area contributed by atoms with Crippen molar-refractivity contribution in [3.8, 4) is 5.75 Å². The summed E-state index contributed by atoms with van der Waals surface area (Å²) in [6.45, 7) is 1.81. The zero-order valence-electron chi connectivity index (χ0n) is 20.8. The molecule has 10 N–H and O–H groups in total. The third-order valence-corrected chi connectivity index (χ3v) is 6.17. The molecule has 0 spiro atoms. The van der Waals surface area contributed by atoms with Crippen molar-refractivity contribution in [3.63, 3.8) is 0 Å². The average molecular weight is 522 g/mol. The maximum atomic E-state index is 10.4. The fourth-order valence-corrected chi connectivity index (χ4v) is 3.89. The van der Waals surface area contributed by atoms with E-state index in [2.05, 4.69) is 0 Å². The van der Waals surface area contributed by atoms with Crippen LogP contribution in [0.4, 0.5) is 0 Å². The number of nitrogens with zero attached hydrogens (tertiary/aromatic N) is 1. The Balaban J connectivity index is 2.96. The number of aryl methyl sites for hydroxylation is 1. The summed E-state index contributed by atoms with van der Waals surface area (Å²) < 4.78 is 5.92. The van der Waals surface area contributed by atoms with Crippen molar-refractivity contribution in [1.82, 2.24) is 4.90 Å². The first-order valence-electron chi connectivity index (χ1n) is 12.1. The first-order valence-corrected chi connectivity index (χ1v) is 12.1. The molecule has 0 unspecified atom stereocenters. The number of rotatable bonds is 18. The largest absolute Gasteiger partial charge is 0.492 e. The van der Waals surface area contributed by atoms with Gasteiger partial charge in [-0.15, -0.1) is 0 Å². The van der Waals surface area contributed by atoms with Gasteiger partial charge in [0.25, 0.3) is 0 Å². The maximum absolute atomic E-state index is 10.4. The van der Waals surface area contributed by atoms with Crippen LogP contribution in [0.15, 0.2) is 18.2 Å². The summed E-state index contributed by atoms with van der Waals surface area (Å²) in [6.07, 6.45) is -12.4. The summed E-state index contributed by atoms with van der Waals surface area (Å²) in [6, 6.07) is 5.69. The minimum atomic E-state index is -1.84. The second kappa shape index (κ2) is 16.4. The summed E-state index contributed by atoms with van der Waals surface area (Å²) >= 11 is 0. The highest BCUT2D eigenvalue weighted by atomic mass is 16.5. The molecule has 0 aliphatic carbocycles. The molecule has 0 saturated heterocycles. The van der Waals surface area contributed by atoms with Gasteiger partial charge in [0.05, 0.1) is 25.4 Å². The molecule has 0 aliphatic rings. The molecule has 0 aliphatic heterocycles. The number of hydrogen-bond donors (Lipinski definition) is 10. The van der Waals surface area contributed by atoms with Gasteiger partial charge in [0.1, 0.15) is 49.0 Å². The molecule has 12 heteroatoms. The van der Waals surface area contributed by atoms with Gasteiger partial charge >= 0.3 is 0 Å². The van der Waals surface area contributed by atoms with Crippen molar-refractivity contribution in [2.24, 2.45) is 0 Å². The molecule has 0 fully saturated rings. The summed E-state index contributed by atoms with van der Waals surface area (Å²) in [5.74, 6) is 0.668. The Labute approximate surface area is 211 Å². The van der Waals surface area contributed by atoms with E-state index in [0.29, 0.717) is 5.75 Å². The minimum Gasteiger partial charge on any atom is -0.492 e. The highest BCUT2D eigenvalue weighted by Gasteiger charge is 2.34. The van der Waals surface area contributed by atoms with Gasteiger partial charge in [-0.1, -0.05) is 26.0 Å². The van der Waals surface area contributed by atoms with E-state index in [0.717, 1.165) is 24.0 Å². The van der Waals surface area contributed by atoms with E-state index in [1.54, 1.807) is 0 Å². The molecule has 36 heavy (non-hydrogen) atoms. The predicted octanol–water partition coefficient (Wildman–Crippen LogP) is -3.64. The number of ether oxygens (including phenoxy) is 1. The summed E-state index contributed by atoms with van der Waals surface area (Å²) in [5, 5.41) is 97.9. The van der Waals surface area contributed by atoms with Crippen molar-refractivity contribution in [3.05, 3.63) is 29.3 Å². The average Bonchev–Trinajstić information content (AvgIpc) is 2.89. The maximum Gasteiger partial charge on any atom is 0.122 e. The molecule has 0 bridgehead atoms. The monoisotopic (exact) mass is 521 g/mol. The number of benzene rings is 1. The lowest BCUT2D eigenvalue weighted by molar-refractivity contribution is -0.130. The summed E-state index contributed by atoms with van der Waals surface area (Å²) in [7, 11) is 0. The van der Waals surface area contributed by atoms with Crippen LogP contribution in [0.25, 0.3) is 0 Å². The SMILES string of the molecule is CCc1cccc(OCCN(C[C@@H](O)[C@@H](O)[C@H](O)[C@H](O)CO)C[C@@H](O)[C@@H](O)[C@H](O)[C@H](O)CO)c1CC. The van der Waals surface area contributed by atoms with Crippen LogP contribution in [0, 0.1) is 0 Å². The molecule has 1 rings (SSSR count). The molecule has 210 valence electrons. The van der Waals surface area contributed by atoms with E-state index in [1.807, 2.05) is 32.0 Å².